The average molecular weight is 542 g/mol. The zero-order valence-electron chi connectivity index (χ0n) is 23.9. The predicted molar refractivity (Wildman–Crippen MR) is 144 cm³/mol. The predicted octanol–water partition coefficient (Wildman–Crippen LogP) is 3.69. The van der Waals surface area contributed by atoms with Crippen LogP contribution in [-0.2, 0) is 0 Å². The Bertz CT molecular complexity index is 830. The van der Waals surface area contributed by atoms with Crippen molar-refractivity contribution in [3.8, 4) is 0 Å². The number of hydrogen-bond acceptors (Lipinski definition) is 5. The fourth-order valence-corrected chi connectivity index (χ4v) is 8.40. The van der Waals surface area contributed by atoms with Gasteiger partial charge in [0, 0.05) is 26.7 Å². The highest BCUT2D eigenvalue weighted by Crippen LogP contribution is 2.41. The Kier molecular flexibility index (Phi) is 8.27. The van der Waals surface area contributed by atoms with Gasteiger partial charge in [0.15, 0.2) is 5.96 Å². The molecule has 5 aliphatic rings. The lowest BCUT2D eigenvalue weighted by Crippen LogP contribution is -2.67. The van der Waals surface area contributed by atoms with Gasteiger partial charge in [-0.05, 0) is 81.1 Å². The van der Waals surface area contributed by atoms with Crippen LogP contribution in [0.1, 0.15) is 65.7 Å². The van der Waals surface area contributed by atoms with E-state index in [1.165, 1.54) is 19.3 Å². The topological polar surface area (TPSA) is 69.7 Å². The van der Waals surface area contributed by atoms with Gasteiger partial charge in [-0.3, -0.25) is 26.3 Å². The average Bonchev–Trinajstić information content (AvgIpc) is 3.38. The van der Waals surface area contributed by atoms with Crippen LogP contribution in [0.3, 0.4) is 0 Å². The van der Waals surface area contributed by atoms with Gasteiger partial charge < -0.3 is 9.80 Å². The van der Waals surface area contributed by atoms with E-state index in [0.717, 1.165) is 44.7 Å². The molecule has 0 radical (unpaired) electrons. The Labute approximate surface area is 227 Å². The Morgan fingerprint density at radius 1 is 1.00 bits per heavy atom. The monoisotopic (exact) mass is 541 g/mol. The number of likely N-dealkylation sites (N-methyl/N-ethyl adjacent to an activating group) is 2. The first kappa shape index (κ1) is 28.4. The molecule has 3 saturated heterocycles. The number of halogens is 3. The van der Waals surface area contributed by atoms with Crippen molar-refractivity contribution in [1.29, 1.82) is 5.41 Å². The molecular weight excluding hydrogens is 491 g/mol. The van der Waals surface area contributed by atoms with Gasteiger partial charge in [0.2, 0.25) is 0 Å². The smallest absolute Gasteiger partial charge is 0.338 e. The van der Waals surface area contributed by atoms with Gasteiger partial charge in [-0.1, -0.05) is 27.2 Å². The fourth-order valence-electron chi connectivity index (χ4n) is 8.40. The molecule has 3 aliphatic heterocycles. The molecule has 0 bridgehead atoms. The molecule has 10 heteroatoms. The molecule has 5 fully saturated rings. The lowest BCUT2D eigenvalue weighted by molar-refractivity contribution is -0.150. The summed E-state index contributed by atoms with van der Waals surface area (Å²) in [5.41, 5.74) is 0. The van der Waals surface area contributed by atoms with E-state index in [9.17, 15) is 13.2 Å². The van der Waals surface area contributed by atoms with Crippen molar-refractivity contribution in [2.75, 3.05) is 33.7 Å². The van der Waals surface area contributed by atoms with Gasteiger partial charge in [0.05, 0.1) is 18.4 Å². The number of nitrogens with one attached hydrogen (secondary N) is 4. The maximum absolute atomic E-state index is 13.3. The van der Waals surface area contributed by atoms with Crippen molar-refractivity contribution < 1.29 is 13.2 Å². The maximum atomic E-state index is 13.3. The standard InChI is InChI=1S/C28H50F3N7/c1-16(2)21-12-17(3)6-11-20(21)24-33-13-22-26(35-24)38(27(32)37(22)5)14-18-7-9-19(10-8-18)25-34-23(15-36(25)4)28(29,30)31/h16-26,32-35H,6-15H2,1-5H3. The quantitative estimate of drug-likeness (QED) is 0.426. The molecular formula is C28H50F3N7. The summed E-state index contributed by atoms with van der Waals surface area (Å²) in [5, 5.41) is 19.6. The number of nitrogens with zero attached hydrogens (tertiary/aromatic N) is 3. The molecule has 7 nitrogen and oxygen atoms in total. The molecule has 4 N–H and O–H groups in total. The molecule has 0 amide bonds. The number of alkyl halides is 3. The number of hydrogen-bond donors (Lipinski definition) is 4. The third kappa shape index (κ3) is 5.56. The summed E-state index contributed by atoms with van der Waals surface area (Å²) in [6.45, 7) is 8.90. The van der Waals surface area contributed by atoms with Crippen molar-refractivity contribution >= 4 is 5.96 Å². The second kappa shape index (κ2) is 11.1. The van der Waals surface area contributed by atoms with E-state index in [4.69, 9.17) is 5.41 Å². The summed E-state index contributed by atoms with van der Waals surface area (Å²) < 4.78 is 39.8. The van der Waals surface area contributed by atoms with Crippen LogP contribution in [0.4, 0.5) is 13.2 Å². The molecule has 8 atom stereocenters. The van der Waals surface area contributed by atoms with Gasteiger partial charge in [0.1, 0.15) is 12.2 Å². The van der Waals surface area contributed by atoms with Gasteiger partial charge in [-0.15, -0.1) is 0 Å². The second-order valence-electron chi connectivity index (χ2n) is 13.6. The minimum atomic E-state index is -4.19. The Morgan fingerprint density at radius 2 is 1.71 bits per heavy atom. The third-order valence-corrected chi connectivity index (χ3v) is 10.7. The van der Waals surface area contributed by atoms with Crippen molar-refractivity contribution in [2.45, 2.75) is 102 Å². The molecule has 3 heterocycles. The normalized spacial score (nSPS) is 43.2. The molecule has 0 aromatic rings. The van der Waals surface area contributed by atoms with Gasteiger partial charge in [0.25, 0.3) is 0 Å². The van der Waals surface area contributed by atoms with Crippen LogP contribution in [0.25, 0.3) is 0 Å². The van der Waals surface area contributed by atoms with E-state index in [-0.39, 0.29) is 37.0 Å². The van der Waals surface area contributed by atoms with Crippen molar-refractivity contribution in [3.63, 3.8) is 0 Å². The lowest BCUT2D eigenvalue weighted by Gasteiger charge is -2.47. The van der Waals surface area contributed by atoms with Gasteiger partial charge >= 0.3 is 6.18 Å². The highest BCUT2D eigenvalue weighted by molar-refractivity contribution is 5.80. The number of fused-ring (bicyclic) bond motifs is 1. The van der Waals surface area contributed by atoms with E-state index in [1.807, 2.05) is 19.0 Å². The Hall–Kier alpha value is -1.10. The first-order valence-electron chi connectivity index (χ1n) is 15.0. The Morgan fingerprint density at radius 3 is 2.34 bits per heavy atom. The van der Waals surface area contributed by atoms with E-state index in [1.54, 1.807) is 0 Å². The fraction of sp³-hybridized carbons (Fsp3) is 0.964. The van der Waals surface area contributed by atoms with E-state index in [0.29, 0.717) is 29.6 Å². The highest BCUT2D eigenvalue weighted by Gasteiger charge is 2.50. The van der Waals surface area contributed by atoms with Crippen molar-refractivity contribution in [3.05, 3.63) is 0 Å². The maximum Gasteiger partial charge on any atom is 0.405 e. The van der Waals surface area contributed by atoms with E-state index < -0.39 is 12.2 Å². The van der Waals surface area contributed by atoms with Crippen LogP contribution in [-0.4, -0.2) is 91.1 Å². The van der Waals surface area contributed by atoms with E-state index >= 15 is 0 Å². The lowest BCUT2D eigenvalue weighted by atomic mass is 9.68. The van der Waals surface area contributed by atoms with Crippen LogP contribution in [0, 0.1) is 40.9 Å². The summed E-state index contributed by atoms with van der Waals surface area (Å²) in [6, 6.07) is -1.18. The summed E-state index contributed by atoms with van der Waals surface area (Å²) >= 11 is 0. The SMILES string of the molecule is CC1CCC(C2NCC3C(N2)N(CC2CCC(C4NC(C(F)(F)F)CN4C)CC2)C(=N)N3C)C(C(C)C)C1. The third-order valence-electron chi connectivity index (χ3n) is 10.7. The van der Waals surface area contributed by atoms with E-state index in [2.05, 4.69) is 46.5 Å². The zero-order chi connectivity index (χ0) is 27.4. The first-order chi connectivity index (χ1) is 17.9. The molecule has 0 spiro atoms. The van der Waals surface area contributed by atoms with Crippen LogP contribution in [0.15, 0.2) is 0 Å². The zero-order valence-corrected chi connectivity index (χ0v) is 23.9. The molecule has 218 valence electrons. The summed E-state index contributed by atoms with van der Waals surface area (Å²) in [5.74, 6) is 4.10. The minimum Gasteiger partial charge on any atom is -0.338 e. The molecule has 5 rings (SSSR count). The second-order valence-corrected chi connectivity index (χ2v) is 13.6. The van der Waals surface area contributed by atoms with Crippen LogP contribution in [0.2, 0.25) is 0 Å². The summed E-state index contributed by atoms with van der Waals surface area (Å²) in [4.78, 5) is 6.26. The molecule has 0 aromatic heterocycles. The number of guanidine groups is 1. The van der Waals surface area contributed by atoms with Crippen LogP contribution >= 0.6 is 0 Å². The molecule has 2 aliphatic carbocycles. The van der Waals surface area contributed by atoms with Crippen molar-refractivity contribution in [1.82, 2.24) is 30.7 Å². The van der Waals surface area contributed by atoms with Gasteiger partial charge in [-0.2, -0.15) is 13.2 Å². The first-order valence-corrected chi connectivity index (χ1v) is 15.0. The Balaban J connectivity index is 1.19. The molecule has 38 heavy (non-hydrogen) atoms. The van der Waals surface area contributed by atoms with Crippen LogP contribution < -0.4 is 16.0 Å². The largest absolute Gasteiger partial charge is 0.405 e. The molecule has 0 aromatic carbocycles. The molecule has 2 saturated carbocycles. The van der Waals surface area contributed by atoms with Gasteiger partial charge in [-0.25, -0.2) is 0 Å². The number of rotatable bonds is 5. The molecule has 8 unspecified atom stereocenters. The minimum absolute atomic E-state index is 0.0346. The van der Waals surface area contributed by atoms with Crippen molar-refractivity contribution in [2.24, 2.45) is 35.5 Å². The van der Waals surface area contributed by atoms with Crippen LogP contribution in [0.5, 0.6) is 0 Å². The summed E-state index contributed by atoms with van der Waals surface area (Å²) in [7, 11) is 3.85. The summed E-state index contributed by atoms with van der Waals surface area (Å²) in [6.07, 6.45) is 3.78. The highest BCUT2D eigenvalue weighted by atomic mass is 19.4.